The van der Waals surface area contributed by atoms with Crippen LogP contribution in [0.2, 0.25) is 0 Å². The number of phenols is 2. The minimum atomic E-state index is -2.72. The molecule has 9 atom stereocenters. The number of carboxylic acids is 1. The van der Waals surface area contributed by atoms with Gasteiger partial charge in [0.1, 0.15) is 70.3 Å². The molecule has 4 aromatic carbocycles. The smallest absolute Gasteiger partial charge is 0.336 e. The molecule has 378 valence electrons. The van der Waals surface area contributed by atoms with Crippen molar-refractivity contribution in [2.75, 3.05) is 13.2 Å². The van der Waals surface area contributed by atoms with Crippen molar-refractivity contribution >= 4 is 35.3 Å². The number of nitrogens with one attached hydrogen (secondary N) is 1. The number of aliphatic hydroxyl groups is 6. The van der Waals surface area contributed by atoms with E-state index < -0.39 is 83.6 Å². The zero-order valence-corrected chi connectivity index (χ0v) is 39.0. The summed E-state index contributed by atoms with van der Waals surface area (Å²) >= 11 is 0. The lowest BCUT2D eigenvalue weighted by atomic mass is 9.57. The van der Waals surface area contributed by atoms with Crippen LogP contribution in [0.3, 0.4) is 0 Å². The van der Waals surface area contributed by atoms with Crippen LogP contribution in [-0.2, 0) is 28.0 Å². The molecule has 73 heavy (non-hydrogen) atoms. The van der Waals surface area contributed by atoms with Crippen molar-refractivity contribution in [2.45, 2.75) is 98.6 Å². The topological polar surface area (TPSA) is 306 Å². The molecule has 10 N–H and O–H groups in total. The van der Waals surface area contributed by atoms with Gasteiger partial charge in [-0.2, -0.15) is 0 Å². The summed E-state index contributed by atoms with van der Waals surface area (Å²) in [5, 5.41) is 113. The molecule has 2 fully saturated rings. The lowest BCUT2D eigenvalue weighted by molar-refractivity contribution is -0.342. The highest BCUT2D eigenvalue weighted by Crippen LogP contribution is 2.58. The molecular formula is C54H52N4O15. The molecule has 0 radical (unpaired) electrons. The Bertz CT molecular complexity index is 3100. The number of hydrogen-bond acceptors (Lipinski definition) is 17. The second kappa shape index (κ2) is 18.3. The molecule has 4 heterocycles. The summed E-state index contributed by atoms with van der Waals surface area (Å²) in [6.07, 6.45) is -1.78. The Morgan fingerprint density at radius 1 is 0.945 bits per heavy atom. The second-order valence-electron chi connectivity index (χ2n) is 19.4. The van der Waals surface area contributed by atoms with Crippen LogP contribution >= 0.6 is 0 Å². The molecule has 19 nitrogen and oxygen atoms in total. The number of amidine groups is 1. The highest BCUT2D eigenvalue weighted by molar-refractivity contribution is 6.16. The van der Waals surface area contributed by atoms with Crippen molar-refractivity contribution in [2.24, 2.45) is 20.9 Å². The fourth-order valence-electron chi connectivity index (χ4n) is 11.6. The number of aryl methyl sites for hydroxylation is 1. The number of aliphatic imine (C=N–C) groups is 3. The van der Waals surface area contributed by atoms with Gasteiger partial charge in [-0.15, -0.1) is 0 Å². The van der Waals surface area contributed by atoms with Gasteiger partial charge < -0.3 is 69.6 Å². The van der Waals surface area contributed by atoms with Crippen molar-refractivity contribution in [1.29, 1.82) is 5.41 Å². The molecule has 1 saturated heterocycles. The summed E-state index contributed by atoms with van der Waals surface area (Å²) in [4.78, 5) is 26.0. The molecule has 0 aromatic heterocycles. The zero-order chi connectivity index (χ0) is 51.0. The van der Waals surface area contributed by atoms with Crippen molar-refractivity contribution in [3.05, 3.63) is 136 Å². The number of ether oxygens (including phenoxy) is 5. The first-order valence-corrected chi connectivity index (χ1v) is 24.0. The van der Waals surface area contributed by atoms with Crippen molar-refractivity contribution in [3.63, 3.8) is 0 Å². The Balaban J connectivity index is 1.01. The number of aromatic hydroxyl groups is 2. The van der Waals surface area contributed by atoms with Crippen molar-refractivity contribution in [3.8, 4) is 34.5 Å². The molecule has 2 bridgehead atoms. The highest BCUT2D eigenvalue weighted by atomic mass is 16.7. The minimum Gasteiger partial charge on any atom is -0.508 e. The molecule has 3 aliphatic carbocycles. The van der Waals surface area contributed by atoms with E-state index in [1.807, 2.05) is 24.3 Å². The lowest BCUT2D eigenvalue weighted by Crippen LogP contribution is -2.80. The van der Waals surface area contributed by atoms with Gasteiger partial charge in [0.05, 0.1) is 30.5 Å². The number of benzene rings is 4. The molecule has 0 amide bonds. The monoisotopic (exact) mass is 996 g/mol. The van der Waals surface area contributed by atoms with E-state index in [4.69, 9.17) is 29.1 Å². The van der Waals surface area contributed by atoms with Crippen LogP contribution in [0.1, 0.15) is 66.0 Å². The molecule has 11 rings (SSSR count). The van der Waals surface area contributed by atoms with E-state index in [9.17, 15) is 50.8 Å². The summed E-state index contributed by atoms with van der Waals surface area (Å²) in [5.74, 6) is -4.74. The second-order valence-corrected chi connectivity index (χ2v) is 19.4. The first-order valence-electron chi connectivity index (χ1n) is 24.0. The number of aliphatic hydroxyl groups excluding tert-OH is 4. The molecular weight excluding hydrogens is 945 g/mol. The van der Waals surface area contributed by atoms with Crippen LogP contribution in [0.25, 0.3) is 5.76 Å². The van der Waals surface area contributed by atoms with Crippen LogP contribution < -0.4 is 18.9 Å². The average Bonchev–Trinajstić information content (AvgIpc) is 4.16. The van der Waals surface area contributed by atoms with E-state index in [0.29, 0.717) is 48.8 Å². The number of fused-ring (bicyclic) bond motifs is 5. The maximum atomic E-state index is 13.5. The molecule has 1 unspecified atom stereocenters. The van der Waals surface area contributed by atoms with E-state index in [1.54, 1.807) is 42.5 Å². The normalized spacial score (nSPS) is 28.4. The Morgan fingerprint density at radius 2 is 1.71 bits per heavy atom. The van der Waals surface area contributed by atoms with Crippen molar-refractivity contribution < 1.29 is 74.4 Å². The number of aliphatic carboxylic acids is 1. The first-order chi connectivity index (χ1) is 35.1. The van der Waals surface area contributed by atoms with Gasteiger partial charge in [0.15, 0.2) is 29.3 Å². The number of rotatable bonds is 13. The van der Waals surface area contributed by atoms with Crippen LogP contribution in [0.5, 0.6) is 34.5 Å². The van der Waals surface area contributed by atoms with Gasteiger partial charge in [-0.25, -0.2) is 14.8 Å². The fraction of sp³-hybridized carbons (Fsp3) is 0.352. The Morgan fingerprint density at radius 3 is 2.40 bits per heavy atom. The summed E-state index contributed by atoms with van der Waals surface area (Å²) < 4.78 is 32.2. The van der Waals surface area contributed by atoms with Crippen LogP contribution in [-0.4, -0.2) is 131 Å². The molecule has 7 aliphatic rings. The Labute approximate surface area is 417 Å². The number of nitrogens with zero attached hydrogens (tertiary/aromatic N) is 3. The van der Waals surface area contributed by atoms with E-state index in [1.165, 1.54) is 36.7 Å². The largest absolute Gasteiger partial charge is 0.508 e. The van der Waals surface area contributed by atoms with Gasteiger partial charge >= 0.3 is 5.97 Å². The quantitative estimate of drug-likeness (QED) is 0.0814. The Kier molecular flexibility index (Phi) is 12.0. The summed E-state index contributed by atoms with van der Waals surface area (Å²) in [7, 11) is 0. The van der Waals surface area contributed by atoms with Crippen LogP contribution in [0.4, 0.5) is 0 Å². The van der Waals surface area contributed by atoms with Gasteiger partial charge in [-0.3, -0.25) is 10.4 Å². The van der Waals surface area contributed by atoms with Crippen LogP contribution in [0, 0.1) is 11.3 Å². The van der Waals surface area contributed by atoms with Gasteiger partial charge in [0, 0.05) is 12.1 Å². The van der Waals surface area contributed by atoms with E-state index in [0.717, 1.165) is 11.1 Å². The third-order valence-corrected chi connectivity index (χ3v) is 15.1. The zero-order valence-electron chi connectivity index (χ0n) is 39.0. The lowest BCUT2D eigenvalue weighted by Gasteiger charge is -2.59. The van der Waals surface area contributed by atoms with E-state index in [2.05, 4.69) is 15.0 Å². The minimum absolute atomic E-state index is 0.00452. The Hall–Kier alpha value is -7.39. The standard InChI is InChI=1S/C54H52N4O15/c55-42-17-16-35(58-42)45(62)41(25-59)69-32-13-10-28(11-14-32)38-22-37(61)43-39(70-38)23-40(47(46(43)63)73-52(18-3-4-19-52)30-8-5-9-31(60)21-30)71-51-53(67)34-15-12-27-6-1-2-7-29(27)20-33(34)44(36-24-56-26-57-36)54(68,50(53)66)48(72-51)49(64)65/h1-2,5-11,13-14,16-17,21-23,26,38,41,44-45,48,50-51,55,59-63,66-68H,3-4,12,15,18-20,24-25H2,(H,64,65)/t38?,41-,44+,45+,48+,50-,51+,53+,54-/m0/s1. The first kappa shape index (κ1) is 47.9. The molecule has 0 spiro atoms. The third-order valence-electron chi connectivity index (χ3n) is 15.1. The van der Waals surface area contributed by atoms with Gasteiger partial charge in [-0.05, 0) is 109 Å². The summed E-state index contributed by atoms with van der Waals surface area (Å²) in [6.45, 7) is -0.578. The SMILES string of the molecule is N=C1C=CC([C@@H](O)[C@H](CO)Oc2ccc(C3C=C(O)c4c(cc(O[C@@H]5O[C@H](C(=O)O)[C@@]6(O)[C@@H](C7=NC=NC7)C7=C(CCc8ccccc8C7)[C@@]5(O)[C@@H]6O)c(OC5(c6cccc(O)c6)CCCC5)c4O)O3)cc2)=N1. The van der Waals surface area contributed by atoms with Gasteiger partial charge in [0.2, 0.25) is 12.0 Å². The van der Waals surface area contributed by atoms with Gasteiger partial charge in [-0.1, -0.05) is 54.1 Å². The number of carbonyl (C=O) groups is 1. The maximum Gasteiger partial charge on any atom is 0.336 e. The molecule has 1 saturated carbocycles. The van der Waals surface area contributed by atoms with Crippen LogP contribution in [0.15, 0.2) is 123 Å². The number of carboxylic acid groups (broad SMARTS) is 1. The van der Waals surface area contributed by atoms with E-state index in [-0.39, 0.29) is 76.5 Å². The van der Waals surface area contributed by atoms with Gasteiger partial charge in [0.25, 0.3) is 0 Å². The number of phenolic OH excluding ortho intramolecular Hbond substituents is 2. The molecule has 4 aromatic rings. The van der Waals surface area contributed by atoms with Crippen molar-refractivity contribution in [1.82, 2.24) is 0 Å². The summed E-state index contributed by atoms with van der Waals surface area (Å²) in [6, 6.07) is 21.7. The predicted octanol–water partition coefficient (Wildman–Crippen LogP) is 4.68. The predicted molar refractivity (Wildman–Crippen MR) is 262 cm³/mol. The highest BCUT2D eigenvalue weighted by Gasteiger charge is 2.73. The summed E-state index contributed by atoms with van der Waals surface area (Å²) in [5.41, 5.74) is -2.85. The molecule has 19 heteroatoms. The molecule has 4 aliphatic heterocycles. The number of hydrogen-bond donors (Lipinski definition) is 10. The third kappa shape index (κ3) is 7.94. The fourth-order valence-corrected chi connectivity index (χ4v) is 11.6. The maximum absolute atomic E-state index is 13.5. The average molecular weight is 997 g/mol. The van der Waals surface area contributed by atoms with E-state index >= 15 is 0 Å².